The van der Waals surface area contributed by atoms with Crippen LogP contribution >= 0.6 is 0 Å². The van der Waals surface area contributed by atoms with E-state index in [2.05, 4.69) is 10.3 Å². The number of pyridine rings is 1. The van der Waals surface area contributed by atoms with Crippen LogP contribution in [0.25, 0.3) is 0 Å². The Kier molecular flexibility index (Phi) is 3.72. The van der Waals surface area contributed by atoms with Gasteiger partial charge < -0.3 is 16.0 Å². The Labute approximate surface area is 103 Å². The fourth-order valence-corrected chi connectivity index (χ4v) is 1.94. The monoisotopic (exact) mass is 260 g/mol. The molecule has 0 radical (unpaired) electrons. The lowest BCUT2D eigenvalue weighted by molar-refractivity contribution is -0.141. The maximum Gasteiger partial charge on any atom is 0.433 e. The van der Waals surface area contributed by atoms with E-state index >= 15 is 0 Å². The summed E-state index contributed by atoms with van der Waals surface area (Å²) in [4.78, 5) is 5.57. The van der Waals surface area contributed by atoms with Gasteiger partial charge in [0, 0.05) is 38.3 Å². The van der Waals surface area contributed by atoms with Crippen LogP contribution < -0.4 is 16.0 Å². The van der Waals surface area contributed by atoms with Crippen molar-refractivity contribution < 1.29 is 13.2 Å². The summed E-state index contributed by atoms with van der Waals surface area (Å²) in [6.45, 7) is 2.94. The third kappa shape index (κ3) is 2.73. The van der Waals surface area contributed by atoms with Crippen LogP contribution in [0.5, 0.6) is 0 Å². The highest BCUT2D eigenvalue weighted by Gasteiger charge is 2.33. The quantitative estimate of drug-likeness (QED) is 0.832. The lowest BCUT2D eigenvalue weighted by Gasteiger charge is -2.30. The summed E-state index contributed by atoms with van der Waals surface area (Å²) in [7, 11) is 0. The van der Waals surface area contributed by atoms with Gasteiger partial charge in [0.1, 0.15) is 11.5 Å². The Morgan fingerprint density at radius 3 is 2.50 bits per heavy atom. The van der Waals surface area contributed by atoms with Gasteiger partial charge in [-0.3, -0.25) is 0 Å². The molecule has 1 aromatic heterocycles. The number of hydrogen-bond donors (Lipinski definition) is 2. The van der Waals surface area contributed by atoms with Crippen LogP contribution in [-0.4, -0.2) is 31.2 Å². The standard InChI is InChI=1S/C11H15F3N4/c12-11(13,14)9-2-1-8(7-15)10(17-9)18-5-3-16-4-6-18/h1-2,16H,3-7,15H2. The van der Waals surface area contributed by atoms with E-state index in [1.165, 1.54) is 6.07 Å². The number of nitrogens with zero attached hydrogens (tertiary/aromatic N) is 2. The lowest BCUT2D eigenvalue weighted by Crippen LogP contribution is -2.44. The molecule has 0 amide bonds. The van der Waals surface area contributed by atoms with Gasteiger partial charge in [-0.25, -0.2) is 4.98 Å². The molecule has 1 fully saturated rings. The largest absolute Gasteiger partial charge is 0.433 e. The van der Waals surface area contributed by atoms with Gasteiger partial charge in [-0.2, -0.15) is 13.2 Å². The van der Waals surface area contributed by atoms with Crippen molar-refractivity contribution in [2.75, 3.05) is 31.1 Å². The van der Waals surface area contributed by atoms with Gasteiger partial charge in [-0.15, -0.1) is 0 Å². The fraction of sp³-hybridized carbons (Fsp3) is 0.545. The molecule has 2 heterocycles. The summed E-state index contributed by atoms with van der Waals surface area (Å²) in [5.41, 5.74) is 5.33. The first-order chi connectivity index (χ1) is 8.52. The number of aromatic nitrogens is 1. The average molecular weight is 260 g/mol. The zero-order chi connectivity index (χ0) is 13.2. The summed E-state index contributed by atoms with van der Waals surface area (Å²) in [5.74, 6) is 0.355. The molecule has 18 heavy (non-hydrogen) atoms. The SMILES string of the molecule is NCc1ccc(C(F)(F)F)nc1N1CCNCC1. The van der Waals surface area contributed by atoms with E-state index in [0.29, 0.717) is 24.5 Å². The maximum absolute atomic E-state index is 12.6. The second-order valence-electron chi connectivity index (χ2n) is 4.12. The number of halogens is 3. The van der Waals surface area contributed by atoms with Crippen molar-refractivity contribution in [3.8, 4) is 0 Å². The highest BCUT2D eigenvalue weighted by molar-refractivity contribution is 5.48. The zero-order valence-electron chi connectivity index (χ0n) is 9.80. The van der Waals surface area contributed by atoms with E-state index in [1.807, 2.05) is 4.90 Å². The third-order valence-corrected chi connectivity index (χ3v) is 2.88. The molecule has 0 aromatic carbocycles. The summed E-state index contributed by atoms with van der Waals surface area (Å²) < 4.78 is 37.9. The Morgan fingerprint density at radius 1 is 1.28 bits per heavy atom. The van der Waals surface area contributed by atoms with Crippen LogP contribution in [0.4, 0.5) is 19.0 Å². The lowest BCUT2D eigenvalue weighted by atomic mass is 10.2. The molecule has 1 saturated heterocycles. The minimum atomic E-state index is -4.42. The van der Waals surface area contributed by atoms with Crippen molar-refractivity contribution in [1.82, 2.24) is 10.3 Å². The molecule has 1 aliphatic heterocycles. The summed E-state index contributed by atoms with van der Waals surface area (Å²) >= 11 is 0. The summed E-state index contributed by atoms with van der Waals surface area (Å²) in [6.07, 6.45) is -4.42. The molecule has 2 rings (SSSR count). The number of nitrogens with one attached hydrogen (secondary N) is 1. The maximum atomic E-state index is 12.6. The third-order valence-electron chi connectivity index (χ3n) is 2.88. The number of alkyl halides is 3. The van der Waals surface area contributed by atoms with Gasteiger partial charge in [0.05, 0.1) is 0 Å². The number of rotatable bonds is 2. The van der Waals surface area contributed by atoms with Crippen molar-refractivity contribution in [1.29, 1.82) is 0 Å². The van der Waals surface area contributed by atoms with Crippen LogP contribution in [-0.2, 0) is 12.7 Å². The first-order valence-electron chi connectivity index (χ1n) is 5.75. The number of nitrogens with two attached hydrogens (primary N) is 1. The Morgan fingerprint density at radius 2 is 1.94 bits per heavy atom. The van der Waals surface area contributed by atoms with Crippen LogP contribution in [0.1, 0.15) is 11.3 Å². The predicted octanol–water partition coefficient (Wildman–Crippen LogP) is 0.969. The van der Waals surface area contributed by atoms with E-state index in [-0.39, 0.29) is 6.54 Å². The van der Waals surface area contributed by atoms with Crippen LogP contribution in [0.3, 0.4) is 0 Å². The molecule has 3 N–H and O–H groups in total. The van der Waals surface area contributed by atoms with Gasteiger partial charge >= 0.3 is 6.18 Å². The van der Waals surface area contributed by atoms with Gasteiger partial charge in [-0.1, -0.05) is 6.07 Å². The zero-order valence-corrected chi connectivity index (χ0v) is 9.80. The topological polar surface area (TPSA) is 54.2 Å². The molecule has 0 saturated carbocycles. The van der Waals surface area contributed by atoms with Gasteiger partial charge in [0.25, 0.3) is 0 Å². The van der Waals surface area contributed by atoms with Crippen LogP contribution in [0.2, 0.25) is 0 Å². The Balaban J connectivity index is 2.35. The van der Waals surface area contributed by atoms with Crippen molar-refractivity contribution in [2.45, 2.75) is 12.7 Å². The van der Waals surface area contributed by atoms with E-state index in [9.17, 15) is 13.2 Å². The highest BCUT2D eigenvalue weighted by atomic mass is 19.4. The normalized spacial score (nSPS) is 17.0. The molecule has 1 aromatic rings. The van der Waals surface area contributed by atoms with Crippen molar-refractivity contribution in [2.24, 2.45) is 5.73 Å². The van der Waals surface area contributed by atoms with Gasteiger partial charge in [0.2, 0.25) is 0 Å². The average Bonchev–Trinajstić information content (AvgIpc) is 2.38. The predicted molar refractivity (Wildman–Crippen MR) is 62.2 cm³/mol. The van der Waals surface area contributed by atoms with Crippen LogP contribution in [0.15, 0.2) is 12.1 Å². The summed E-state index contributed by atoms with van der Waals surface area (Å²) in [5, 5.41) is 3.14. The number of piperazine rings is 1. The highest BCUT2D eigenvalue weighted by Crippen LogP contribution is 2.30. The fourth-order valence-electron chi connectivity index (χ4n) is 1.94. The van der Waals surface area contributed by atoms with Gasteiger partial charge in [0.15, 0.2) is 0 Å². The second-order valence-corrected chi connectivity index (χ2v) is 4.12. The smallest absolute Gasteiger partial charge is 0.354 e. The Bertz CT molecular complexity index is 413. The molecule has 0 bridgehead atoms. The molecule has 7 heteroatoms. The minimum absolute atomic E-state index is 0.185. The molecule has 0 unspecified atom stereocenters. The van der Waals surface area contributed by atoms with Crippen LogP contribution in [0, 0.1) is 0 Å². The minimum Gasteiger partial charge on any atom is -0.354 e. The molecule has 4 nitrogen and oxygen atoms in total. The first kappa shape index (κ1) is 13.1. The van der Waals surface area contributed by atoms with Crippen molar-refractivity contribution in [3.05, 3.63) is 23.4 Å². The van der Waals surface area contributed by atoms with E-state index in [4.69, 9.17) is 5.73 Å². The van der Waals surface area contributed by atoms with Gasteiger partial charge in [-0.05, 0) is 6.07 Å². The first-order valence-corrected chi connectivity index (χ1v) is 5.75. The van der Waals surface area contributed by atoms with Crippen molar-refractivity contribution >= 4 is 5.82 Å². The molecule has 100 valence electrons. The van der Waals surface area contributed by atoms with E-state index < -0.39 is 11.9 Å². The summed E-state index contributed by atoms with van der Waals surface area (Å²) in [6, 6.07) is 2.39. The Hall–Kier alpha value is -1.34. The second kappa shape index (κ2) is 5.11. The molecular formula is C11H15F3N4. The van der Waals surface area contributed by atoms with E-state index in [1.54, 1.807) is 0 Å². The number of anilines is 1. The van der Waals surface area contributed by atoms with E-state index in [0.717, 1.165) is 19.2 Å². The van der Waals surface area contributed by atoms with Crippen molar-refractivity contribution in [3.63, 3.8) is 0 Å². The molecular weight excluding hydrogens is 245 g/mol. The molecule has 0 spiro atoms. The molecule has 1 aliphatic rings. The molecule has 0 atom stereocenters. The number of hydrogen-bond acceptors (Lipinski definition) is 4. The molecule has 0 aliphatic carbocycles.